The maximum absolute atomic E-state index is 6.13. The van der Waals surface area contributed by atoms with Crippen LogP contribution in [0.5, 0.6) is 0 Å². The fourth-order valence-corrected chi connectivity index (χ4v) is 2.71. The van der Waals surface area contributed by atoms with Crippen LogP contribution in [-0.2, 0) is 0 Å². The standard InChI is InChI=1S/C19H29NO/c1-7-10-20-18(19(4,5)6)17-12-15-11-14(13(2)3)8-9-16(15)21-17/h8-9,11-13,18,20H,7,10H2,1-6H3. The second-order valence-electron chi connectivity index (χ2n) is 7.35. The first kappa shape index (κ1) is 16.1. The quantitative estimate of drug-likeness (QED) is 0.769. The molecule has 2 rings (SSSR count). The molecular formula is C19H29NO. The van der Waals surface area contributed by atoms with Gasteiger partial charge in [0.05, 0.1) is 6.04 Å². The second-order valence-corrected chi connectivity index (χ2v) is 7.35. The van der Waals surface area contributed by atoms with Gasteiger partial charge in [-0.15, -0.1) is 0 Å². The molecule has 0 aliphatic rings. The van der Waals surface area contributed by atoms with Gasteiger partial charge in [0.1, 0.15) is 11.3 Å². The lowest BCUT2D eigenvalue weighted by atomic mass is 9.85. The largest absolute Gasteiger partial charge is 0.459 e. The maximum atomic E-state index is 6.13. The predicted octanol–water partition coefficient (Wildman–Crippen LogP) is 5.64. The van der Waals surface area contributed by atoms with Gasteiger partial charge in [-0.2, -0.15) is 0 Å². The number of rotatable bonds is 5. The van der Waals surface area contributed by atoms with E-state index in [0.29, 0.717) is 5.92 Å². The summed E-state index contributed by atoms with van der Waals surface area (Å²) >= 11 is 0. The molecule has 0 spiro atoms. The summed E-state index contributed by atoms with van der Waals surface area (Å²) in [6.45, 7) is 14.4. The van der Waals surface area contributed by atoms with Gasteiger partial charge in [-0.05, 0) is 48.1 Å². The SMILES string of the molecule is CCCNC(c1cc2cc(C(C)C)ccc2o1)C(C)(C)C. The summed E-state index contributed by atoms with van der Waals surface area (Å²) in [5, 5.41) is 4.84. The molecule has 116 valence electrons. The summed E-state index contributed by atoms with van der Waals surface area (Å²) in [4.78, 5) is 0. The van der Waals surface area contributed by atoms with Gasteiger partial charge >= 0.3 is 0 Å². The maximum Gasteiger partial charge on any atom is 0.134 e. The topological polar surface area (TPSA) is 25.2 Å². The molecule has 0 fully saturated rings. The van der Waals surface area contributed by atoms with Crippen LogP contribution in [0.2, 0.25) is 0 Å². The Balaban J connectivity index is 2.39. The average molecular weight is 287 g/mol. The first-order chi connectivity index (χ1) is 9.82. The highest BCUT2D eigenvalue weighted by Gasteiger charge is 2.28. The first-order valence-electron chi connectivity index (χ1n) is 8.09. The van der Waals surface area contributed by atoms with E-state index in [-0.39, 0.29) is 11.5 Å². The molecule has 0 radical (unpaired) electrons. The zero-order chi connectivity index (χ0) is 15.6. The van der Waals surface area contributed by atoms with Gasteiger partial charge in [0.15, 0.2) is 0 Å². The first-order valence-corrected chi connectivity index (χ1v) is 8.09. The van der Waals surface area contributed by atoms with Gasteiger partial charge in [0.2, 0.25) is 0 Å². The number of hydrogen-bond acceptors (Lipinski definition) is 2. The Morgan fingerprint density at radius 1 is 1.14 bits per heavy atom. The highest BCUT2D eigenvalue weighted by atomic mass is 16.3. The number of hydrogen-bond donors (Lipinski definition) is 1. The normalized spacial score (nSPS) is 14.0. The minimum Gasteiger partial charge on any atom is -0.459 e. The Hall–Kier alpha value is -1.28. The van der Waals surface area contributed by atoms with Crippen molar-refractivity contribution in [2.24, 2.45) is 5.41 Å². The van der Waals surface area contributed by atoms with Crippen LogP contribution in [0.4, 0.5) is 0 Å². The van der Waals surface area contributed by atoms with E-state index in [9.17, 15) is 0 Å². The Morgan fingerprint density at radius 3 is 2.43 bits per heavy atom. The van der Waals surface area contributed by atoms with Gasteiger partial charge in [-0.1, -0.05) is 47.6 Å². The van der Waals surface area contributed by atoms with E-state index in [4.69, 9.17) is 4.42 Å². The molecular weight excluding hydrogens is 258 g/mol. The van der Waals surface area contributed by atoms with E-state index in [1.807, 2.05) is 0 Å². The minimum atomic E-state index is 0.129. The third kappa shape index (κ3) is 3.68. The molecule has 21 heavy (non-hydrogen) atoms. The Bertz CT molecular complexity index is 589. The van der Waals surface area contributed by atoms with Gasteiger partial charge in [0, 0.05) is 5.39 Å². The highest BCUT2D eigenvalue weighted by molar-refractivity contribution is 5.79. The lowest BCUT2D eigenvalue weighted by Gasteiger charge is -2.29. The number of fused-ring (bicyclic) bond motifs is 1. The molecule has 1 unspecified atom stereocenters. The molecule has 0 aliphatic carbocycles. The van der Waals surface area contributed by atoms with E-state index >= 15 is 0 Å². The van der Waals surface area contributed by atoms with Gasteiger partial charge in [-0.25, -0.2) is 0 Å². The van der Waals surface area contributed by atoms with Crippen LogP contribution < -0.4 is 5.32 Å². The average Bonchev–Trinajstić information content (AvgIpc) is 2.79. The van der Waals surface area contributed by atoms with Crippen LogP contribution in [0, 0.1) is 5.41 Å². The Kier molecular flexibility index (Phi) is 4.77. The van der Waals surface area contributed by atoms with Crippen molar-refractivity contribution in [3.63, 3.8) is 0 Å². The van der Waals surface area contributed by atoms with Crippen molar-refractivity contribution in [2.75, 3.05) is 6.54 Å². The second kappa shape index (κ2) is 6.23. The van der Waals surface area contributed by atoms with Crippen molar-refractivity contribution in [1.29, 1.82) is 0 Å². The summed E-state index contributed by atoms with van der Waals surface area (Å²) < 4.78 is 6.13. The zero-order valence-corrected chi connectivity index (χ0v) is 14.3. The zero-order valence-electron chi connectivity index (χ0n) is 14.3. The van der Waals surface area contributed by atoms with E-state index < -0.39 is 0 Å². The fourth-order valence-electron chi connectivity index (χ4n) is 2.71. The van der Waals surface area contributed by atoms with Gasteiger partial charge in [-0.3, -0.25) is 0 Å². The van der Waals surface area contributed by atoms with Crippen molar-refractivity contribution < 1.29 is 4.42 Å². The predicted molar refractivity (Wildman–Crippen MR) is 90.8 cm³/mol. The summed E-state index contributed by atoms with van der Waals surface area (Å²) in [6, 6.07) is 8.98. The van der Waals surface area contributed by atoms with Crippen LogP contribution >= 0.6 is 0 Å². The summed E-state index contributed by atoms with van der Waals surface area (Å²) in [6.07, 6.45) is 1.13. The third-order valence-corrected chi connectivity index (χ3v) is 3.98. The molecule has 1 atom stereocenters. The number of benzene rings is 1. The Labute approximate surface area is 128 Å². The van der Waals surface area contributed by atoms with E-state index in [1.165, 1.54) is 10.9 Å². The third-order valence-electron chi connectivity index (χ3n) is 3.98. The van der Waals surface area contributed by atoms with Crippen LogP contribution in [-0.4, -0.2) is 6.54 Å². The van der Waals surface area contributed by atoms with Crippen LogP contribution in [0.25, 0.3) is 11.0 Å². The molecule has 2 aromatic rings. The van der Waals surface area contributed by atoms with Gasteiger partial charge in [0.25, 0.3) is 0 Å². The minimum absolute atomic E-state index is 0.129. The molecule has 0 saturated carbocycles. The number of nitrogens with one attached hydrogen (secondary N) is 1. The summed E-state index contributed by atoms with van der Waals surface area (Å²) in [7, 11) is 0. The molecule has 1 aromatic heterocycles. The van der Waals surface area contributed by atoms with Crippen molar-refractivity contribution in [1.82, 2.24) is 5.32 Å². The lowest BCUT2D eigenvalue weighted by molar-refractivity contribution is 0.242. The van der Waals surface area contributed by atoms with E-state index in [0.717, 1.165) is 24.3 Å². The number of furan rings is 1. The van der Waals surface area contributed by atoms with Crippen LogP contribution in [0.1, 0.15) is 71.2 Å². The molecule has 0 amide bonds. The molecule has 0 saturated heterocycles. The Morgan fingerprint density at radius 2 is 1.86 bits per heavy atom. The molecule has 1 aromatic carbocycles. The van der Waals surface area contributed by atoms with Crippen molar-refractivity contribution in [3.05, 3.63) is 35.6 Å². The molecule has 1 heterocycles. The van der Waals surface area contributed by atoms with E-state index in [2.05, 4.69) is 71.1 Å². The monoisotopic (exact) mass is 287 g/mol. The molecule has 0 aliphatic heterocycles. The van der Waals surface area contributed by atoms with Crippen molar-refractivity contribution in [3.8, 4) is 0 Å². The fraction of sp³-hybridized carbons (Fsp3) is 0.579. The van der Waals surface area contributed by atoms with Crippen molar-refractivity contribution in [2.45, 2.75) is 59.9 Å². The summed E-state index contributed by atoms with van der Waals surface area (Å²) in [5.41, 5.74) is 2.48. The molecule has 2 heteroatoms. The summed E-state index contributed by atoms with van der Waals surface area (Å²) in [5.74, 6) is 1.59. The van der Waals surface area contributed by atoms with E-state index in [1.54, 1.807) is 0 Å². The van der Waals surface area contributed by atoms with Crippen LogP contribution in [0.15, 0.2) is 28.7 Å². The van der Waals surface area contributed by atoms with Gasteiger partial charge < -0.3 is 9.73 Å². The highest BCUT2D eigenvalue weighted by Crippen LogP contribution is 2.36. The lowest BCUT2D eigenvalue weighted by Crippen LogP contribution is -2.32. The van der Waals surface area contributed by atoms with Crippen LogP contribution in [0.3, 0.4) is 0 Å². The van der Waals surface area contributed by atoms with Crippen molar-refractivity contribution >= 4 is 11.0 Å². The molecule has 0 bridgehead atoms. The molecule has 1 N–H and O–H groups in total. The smallest absolute Gasteiger partial charge is 0.134 e. The molecule has 2 nitrogen and oxygen atoms in total.